The number of hydrogen-bond donors (Lipinski definition) is 2. The number of nitrogens with zero attached hydrogens (tertiary/aromatic N) is 1. The lowest BCUT2D eigenvalue weighted by atomic mass is 10.1. The normalized spacial score (nSPS) is 10.1. The molecule has 0 bridgehead atoms. The van der Waals surface area contributed by atoms with Gasteiger partial charge in [0.15, 0.2) is 0 Å². The maximum atomic E-state index is 12.1. The van der Waals surface area contributed by atoms with Gasteiger partial charge in [-0.1, -0.05) is 0 Å². The first-order valence-electron chi connectivity index (χ1n) is 5.81. The van der Waals surface area contributed by atoms with Gasteiger partial charge >= 0.3 is 0 Å². The Hall–Kier alpha value is -2.21. The Labute approximate surface area is 124 Å². The number of carbonyl (C=O) groups is 2. The third kappa shape index (κ3) is 3.21. The van der Waals surface area contributed by atoms with Crippen molar-refractivity contribution in [3.05, 3.63) is 57.8 Å². The number of pyridine rings is 1. The number of anilines is 1. The smallest absolute Gasteiger partial charge is 0.255 e. The fourth-order valence-corrected chi connectivity index (χ4v) is 2.06. The second-order valence-electron chi connectivity index (χ2n) is 4.22. The van der Waals surface area contributed by atoms with E-state index >= 15 is 0 Å². The number of aromatic nitrogens is 1. The molecule has 20 heavy (non-hydrogen) atoms. The number of hydrogen-bond acceptors (Lipinski definition) is 3. The van der Waals surface area contributed by atoms with E-state index in [1.165, 1.54) is 0 Å². The average Bonchev–Trinajstić information content (AvgIpc) is 2.40. The zero-order valence-corrected chi connectivity index (χ0v) is 12.3. The molecule has 0 aliphatic rings. The maximum absolute atomic E-state index is 12.1. The van der Waals surface area contributed by atoms with Crippen molar-refractivity contribution in [1.82, 2.24) is 4.98 Å². The molecule has 0 saturated heterocycles. The minimum Gasteiger partial charge on any atom is -0.366 e. The molecule has 0 spiro atoms. The van der Waals surface area contributed by atoms with Gasteiger partial charge in [0.1, 0.15) is 4.60 Å². The van der Waals surface area contributed by atoms with Crippen LogP contribution >= 0.6 is 15.9 Å². The second kappa shape index (κ2) is 5.83. The van der Waals surface area contributed by atoms with E-state index in [0.29, 0.717) is 21.4 Å². The first kappa shape index (κ1) is 14.2. The van der Waals surface area contributed by atoms with Crippen molar-refractivity contribution in [2.45, 2.75) is 6.92 Å². The van der Waals surface area contributed by atoms with Crippen molar-refractivity contribution in [2.75, 3.05) is 5.32 Å². The van der Waals surface area contributed by atoms with Crippen molar-refractivity contribution in [3.8, 4) is 0 Å². The van der Waals surface area contributed by atoms with Crippen LogP contribution in [0, 0.1) is 6.92 Å². The molecular formula is C14H12BrN3O2. The van der Waals surface area contributed by atoms with Crippen molar-refractivity contribution < 1.29 is 9.59 Å². The lowest BCUT2D eigenvalue weighted by Crippen LogP contribution is -2.14. The summed E-state index contributed by atoms with van der Waals surface area (Å²) in [5.74, 6) is -0.743. The molecule has 102 valence electrons. The zero-order valence-electron chi connectivity index (χ0n) is 10.7. The number of rotatable bonds is 3. The molecule has 0 fully saturated rings. The topological polar surface area (TPSA) is 85.1 Å². The lowest BCUT2D eigenvalue weighted by molar-refractivity contribution is 0.0998. The van der Waals surface area contributed by atoms with Crippen LogP contribution in [0.25, 0.3) is 0 Å². The molecule has 0 radical (unpaired) electrons. The van der Waals surface area contributed by atoms with Gasteiger partial charge in [-0.25, -0.2) is 4.98 Å². The van der Waals surface area contributed by atoms with Crippen LogP contribution in [-0.2, 0) is 0 Å². The molecule has 2 aromatic rings. The van der Waals surface area contributed by atoms with Crippen LogP contribution in [-0.4, -0.2) is 16.8 Å². The van der Waals surface area contributed by atoms with Gasteiger partial charge in [-0.3, -0.25) is 9.59 Å². The summed E-state index contributed by atoms with van der Waals surface area (Å²) in [6, 6.07) is 8.12. The standard InChI is InChI=1S/C14H12BrN3O2/c1-8-6-9(13(16)19)2-3-11(8)18-14(20)10-4-5-17-12(15)7-10/h2-7H,1H3,(H2,16,19)(H,18,20). The molecular weight excluding hydrogens is 322 g/mol. The molecule has 0 saturated carbocycles. The van der Waals surface area contributed by atoms with Gasteiger partial charge in [-0.2, -0.15) is 0 Å². The highest BCUT2D eigenvalue weighted by Crippen LogP contribution is 2.18. The van der Waals surface area contributed by atoms with Crippen LogP contribution in [0.15, 0.2) is 41.1 Å². The van der Waals surface area contributed by atoms with E-state index in [4.69, 9.17) is 5.73 Å². The number of amides is 2. The molecule has 2 rings (SSSR count). The monoisotopic (exact) mass is 333 g/mol. The zero-order chi connectivity index (χ0) is 14.7. The number of carbonyl (C=O) groups excluding carboxylic acids is 2. The summed E-state index contributed by atoms with van der Waals surface area (Å²) < 4.78 is 0.589. The van der Waals surface area contributed by atoms with Gasteiger partial charge in [-0.15, -0.1) is 0 Å². The summed E-state index contributed by atoms with van der Waals surface area (Å²) in [4.78, 5) is 27.1. The quantitative estimate of drug-likeness (QED) is 0.846. The van der Waals surface area contributed by atoms with Gasteiger partial charge in [0.2, 0.25) is 5.91 Å². The number of halogens is 1. The minimum absolute atomic E-state index is 0.247. The molecule has 3 N–H and O–H groups in total. The van der Waals surface area contributed by atoms with E-state index in [1.807, 2.05) is 0 Å². The van der Waals surface area contributed by atoms with Crippen LogP contribution in [0.4, 0.5) is 5.69 Å². The fraction of sp³-hybridized carbons (Fsp3) is 0.0714. The van der Waals surface area contributed by atoms with Crippen LogP contribution < -0.4 is 11.1 Å². The number of nitrogens with one attached hydrogen (secondary N) is 1. The van der Waals surface area contributed by atoms with E-state index in [-0.39, 0.29) is 5.91 Å². The Morgan fingerprint density at radius 2 is 1.95 bits per heavy atom. The Morgan fingerprint density at radius 1 is 1.20 bits per heavy atom. The molecule has 5 nitrogen and oxygen atoms in total. The molecule has 0 atom stereocenters. The van der Waals surface area contributed by atoms with Crippen LogP contribution in [0.5, 0.6) is 0 Å². The maximum Gasteiger partial charge on any atom is 0.255 e. The first-order chi connectivity index (χ1) is 9.47. The molecule has 0 aliphatic carbocycles. The molecule has 2 amide bonds. The Balaban J connectivity index is 2.22. The third-order valence-electron chi connectivity index (χ3n) is 2.75. The highest BCUT2D eigenvalue weighted by molar-refractivity contribution is 9.10. The third-order valence-corrected chi connectivity index (χ3v) is 3.18. The summed E-state index contributed by atoms with van der Waals surface area (Å²) >= 11 is 3.21. The Morgan fingerprint density at radius 3 is 2.55 bits per heavy atom. The van der Waals surface area contributed by atoms with Crippen molar-refractivity contribution >= 4 is 33.4 Å². The summed E-state index contributed by atoms with van der Waals surface area (Å²) in [6.45, 7) is 1.80. The second-order valence-corrected chi connectivity index (χ2v) is 5.03. The van der Waals surface area contributed by atoms with Crippen molar-refractivity contribution in [1.29, 1.82) is 0 Å². The van der Waals surface area contributed by atoms with Gasteiger partial charge < -0.3 is 11.1 Å². The summed E-state index contributed by atoms with van der Waals surface area (Å²) in [5.41, 5.74) is 7.50. The van der Waals surface area contributed by atoms with Gasteiger partial charge in [0.25, 0.3) is 5.91 Å². The average molecular weight is 334 g/mol. The first-order valence-corrected chi connectivity index (χ1v) is 6.60. The fourth-order valence-electron chi connectivity index (χ4n) is 1.70. The molecule has 1 heterocycles. The summed E-state index contributed by atoms with van der Waals surface area (Å²) in [5, 5.41) is 2.78. The van der Waals surface area contributed by atoms with E-state index in [9.17, 15) is 9.59 Å². The Bertz CT molecular complexity index is 686. The van der Waals surface area contributed by atoms with Crippen molar-refractivity contribution in [2.24, 2.45) is 5.73 Å². The number of aryl methyl sites for hydroxylation is 1. The Kier molecular flexibility index (Phi) is 4.14. The molecule has 0 aliphatic heterocycles. The number of primary amides is 1. The van der Waals surface area contributed by atoms with E-state index in [1.54, 1.807) is 43.5 Å². The van der Waals surface area contributed by atoms with Crippen LogP contribution in [0.1, 0.15) is 26.3 Å². The van der Waals surface area contributed by atoms with Crippen LogP contribution in [0.3, 0.4) is 0 Å². The SMILES string of the molecule is Cc1cc(C(N)=O)ccc1NC(=O)c1ccnc(Br)c1. The predicted octanol–water partition coefficient (Wildman–Crippen LogP) is 2.50. The van der Waals surface area contributed by atoms with Crippen molar-refractivity contribution in [3.63, 3.8) is 0 Å². The highest BCUT2D eigenvalue weighted by atomic mass is 79.9. The van der Waals surface area contributed by atoms with Crippen LogP contribution in [0.2, 0.25) is 0 Å². The molecule has 6 heteroatoms. The molecule has 1 aromatic heterocycles. The number of nitrogens with two attached hydrogens (primary N) is 1. The van der Waals surface area contributed by atoms with E-state index in [2.05, 4.69) is 26.2 Å². The van der Waals surface area contributed by atoms with Gasteiger partial charge in [0, 0.05) is 23.0 Å². The summed E-state index contributed by atoms with van der Waals surface area (Å²) in [6.07, 6.45) is 1.54. The largest absolute Gasteiger partial charge is 0.366 e. The molecule has 0 unspecified atom stereocenters. The predicted molar refractivity (Wildman–Crippen MR) is 79.6 cm³/mol. The van der Waals surface area contributed by atoms with E-state index < -0.39 is 5.91 Å². The highest BCUT2D eigenvalue weighted by Gasteiger charge is 2.10. The van der Waals surface area contributed by atoms with E-state index in [0.717, 1.165) is 5.56 Å². The lowest BCUT2D eigenvalue weighted by Gasteiger charge is -2.09. The molecule has 1 aromatic carbocycles. The number of benzene rings is 1. The van der Waals surface area contributed by atoms with Gasteiger partial charge in [0.05, 0.1) is 0 Å². The van der Waals surface area contributed by atoms with Gasteiger partial charge in [-0.05, 0) is 58.7 Å². The minimum atomic E-state index is -0.496. The summed E-state index contributed by atoms with van der Waals surface area (Å²) in [7, 11) is 0.